The van der Waals surface area contributed by atoms with Gasteiger partial charge in [-0.25, -0.2) is 9.79 Å². The predicted molar refractivity (Wildman–Crippen MR) is 104 cm³/mol. The molecule has 0 radical (unpaired) electrons. The summed E-state index contributed by atoms with van der Waals surface area (Å²) in [6, 6.07) is 12.4. The summed E-state index contributed by atoms with van der Waals surface area (Å²) in [5, 5.41) is 0.796. The first-order valence-corrected chi connectivity index (χ1v) is 8.89. The van der Waals surface area contributed by atoms with Crippen LogP contribution < -0.4 is 4.74 Å². The highest BCUT2D eigenvalue weighted by atomic mass is 35.5. The van der Waals surface area contributed by atoms with Crippen LogP contribution in [0.5, 0.6) is 5.75 Å². The second-order valence-corrected chi connectivity index (χ2v) is 7.06. The minimum atomic E-state index is -0.514. The first-order valence-electron chi connectivity index (χ1n) is 8.13. The molecule has 0 N–H and O–H groups in total. The third kappa shape index (κ3) is 4.45. The third-order valence-electron chi connectivity index (χ3n) is 3.53. The molecule has 3 rings (SSSR count). The van der Waals surface area contributed by atoms with Crippen molar-refractivity contribution in [2.24, 2.45) is 10.9 Å². The third-order valence-corrected chi connectivity index (χ3v) is 4.27. The van der Waals surface area contributed by atoms with E-state index >= 15 is 0 Å². The van der Waals surface area contributed by atoms with E-state index in [1.165, 1.54) is 0 Å². The molecule has 0 bridgehead atoms. The van der Waals surface area contributed by atoms with Gasteiger partial charge in [0.25, 0.3) is 0 Å². The van der Waals surface area contributed by atoms with Gasteiger partial charge in [-0.2, -0.15) is 0 Å². The van der Waals surface area contributed by atoms with Crippen molar-refractivity contribution in [2.75, 3.05) is 6.61 Å². The molecule has 2 aromatic rings. The van der Waals surface area contributed by atoms with Gasteiger partial charge < -0.3 is 9.47 Å². The molecule has 1 aliphatic rings. The van der Waals surface area contributed by atoms with Crippen LogP contribution in [0.25, 0.3) is 6.08 Å². The van der Waals surface area contributed by atoms with Gasteiger partial charge in [-0.05, 0) is 47.9 Å². The van der Waals surface area contributed by atoms with Crippen LogP contribution in [-0.4, -0.2) is 18.5 Å². The van der Waals surface area contributed by atoms with Crippen molar-refractivity contribution in [1.29, 1.82) is 0 Å². The number of esters is 1. The van der Waals surface area contributed by atoms with E-state index in [-0.39, 0.29) is 11.6 Å². The summed E-state index contributed by atoms with van der Waals surface area (Å²) in [7, 11) is 0. The molecule has 4 nitrogen and oxygen atoms in total. The fourth-order valence-electron chi connectivity index (χ4n) is 2.28. The molecular weight excluding hydrogens is 373 g/mol. The van der Waals surface area contributed by atoms with Gasteiger partial charge in [0.15, 0.2) is 5.70 Å². The van der Waals surface area contributed by atoms with E-state index in [1.807, 2.05) is 24.3 Å². The van der Waals surface area contributed by atoms with Crippen LogP contribution in [0.15, 0.2) is 53.2 Å². The Bertz CT molecular complexity index is 904. The number of carbonyl (C=O) groups is 1. The standard InChI is InChI=1S/C20H17Cl2NO3/c1-12(2)11-25-15-5-3-4-13(8-15)9-18-20(24)26-19(23-18)14-6-7-16(21)17(22)10-14/h3-10,12H,11H2,1-2H3/b18-9-. The molecule has 0 saturated heterocycles. The summed E-state index contributed by atoms with van der Waals surface area (Å²) in [4.78, 5) is 16.4. The maximum Gasteiger partial charge on any atom is 0.363 e. The summed E-state index contributed by atoms with van der Waals surface area (Å²) in [6.07, 6.45) is 1.66. The van der Waals surface area contributed by atoms with Crippen molar-refractivity contribution in [3.8, 4) is 5.75 Å². The molecule has 134 valence electrons. The number of ether oxygens (including phenoxy) is 2. The number of aliphatic imine (C=N–C) groups is 1. The lowest BCUT2D eigenvalue weighted by Crippen LogP contribution is -2.05. The van der Waals surface area contributed by atoms with Gasteiger partial charge >= 0.3 is 5.97 Å². The lowest BCUT2D eigenvalue weighted by atomic mass is 10.2. The van der Waals surface area contributed by atoms with E-state index in [9.17, 15) is 4.79 Å². The minimum Gasteiger partial charge on any atom is -0.493 e. The Morgan fingerprint density at radius 2 is 1.96 bits per heavy atom. The van der Waals surface area contributed by atoms with Crippen LogP contribution in [0.1, 0.15) is 25.0 Å². The van der Waals surface area contributed by atoms with E-state index < -0.39 is 5.97 Å². The molecule has 0 atom stereocenters. The summed E-state index contributed by atoms with van der Waals surface area (Å²) in [5.74, 6) is 0.861. The Labute approximate surface area is 162 Å². The molecule has 0 amide bonds. The van der Waals surface area contributed by atoms with Crippen LogP contribution in [-0.2, 0) is 9.53 Å². The Morgan fingerprint density at radius 1 is 1.15 bits per heavy atom. The molecule has 1 heterocycles. The van der Waals surface area contributed by atoms with E-state index in [4.69, 9.17) is 32.7 Å². The van der Waals surface area contributed by atoms with Crippen molar-refractivity contribution in [1.82, 2.24) is 0 Å². The number of benzene rings is 2. The van der Waals surface area contributed by atoms with E-state index in [0.717, 1.165) is 11.3 Å². The summed E-state index contributed by atoms with van der Waals surface area (Å²) >= 11 is 11.9. The topological polar surface area (TPSA) is 47.9 Å². The van der Waals surface area contributed by atoms with Gasteiger partial charge in [0, 0.05) is 5.56 Å². The highest BCUT2D eigenvalue weighted by Crippen LogP contribution is 2.26. The Morgan fingerprint density at radius 3 is 2.69 bits per heavy atom. The molecule has 0 aliphatic carbocycles. The number of rotatable bonds is 5. The first-order chi connectivity index (χ1) is 12.4. The Kier molecular flexibility index (Phi) is 5.64. The zero-order valence-electron chi connectivity index (χ0n) is 14.3. The quantitative estimate of drug-likeness (QED) is 0.509. The second-order valence-electron chi connectivity index (χ2n) is 6.24. The fraction of sp³-hybridized carbons (Fsp3) is 0.200. The summed E-state index contributed by atoms with van der Waals surface area (Å²) in [5.41, 5.74) is 1.61. The molecular formula is C20H17Cl2NO3. The van der Waals surface area contributed by atoms with Crippen LogP contribution in [0, 0.1) is 5.92 Å². The average molecular weight is 390 g/mol. The van der Waals surface area contributed by atoms with Gasteiger partial charge in [0.2, 0.25) is 5.90 Å². The van der Waals surface area contributed by atoms with Gasteiger partial charge in [0.05, 0.1) is 16.7 Å². The fourth-order valence-corrected chi connectivity index (χ4v) is 2.57. The zero-order valence-corrected chi connectivity index (χ0v) is 15.8. The van der Waals surface area contributed by atoms with Crippen molar-refractivity contribution < 1.29 is 14.3 Å². The van der Waals surface area contributed by atoms with Crippen molar-refractivity contribution in [2.45, 2.75) is 13.8 Å². The predicted octanol–water partition coefficient (Wildman–Crippen LogP) is 5.37. The number of cyclic esters (lactones) is 1. The van der Waals surface area contributed by atoms with Crippen LogP contribution in [0.4, 0.5) is 0 Å². The van der Waals surface area contributed by atoms with E-state index in [0.29, 0.717) is 28.1 Å². The maximum atomic E-state index is 12.1. The van der Waals surface area contributed by atoms with Crippen molar-refractivity contribution in [3.05, 3.63) is 69.3 Å². The normalized spacial score (nSPS) is 15.3. The van der Waals surface area contributed by atoms with Crippen molar-refractivity contribution >= 4 is 41.1 Å². The molecule has 1 aliphatic heterocycles. The van der Waals surface area contributed by atoms with Gasteiger partial charge in [-0.1, -0.05) is 49.2 Å². The van der Waals surface area contributed by atoms with Crippen LogP contribution in [0.2, 0.25) is 10.0 Å². The number of halogens is 2. The maximum absolute atomic E-state index is 12.1. The summed E-state index contributed by atoms with van der Waals surface area (Å²) in [6.45, 7) is 4.79. The number of carbonyl (C=O) groups excluding carboxylic acids is 1. The number of nitrogens with zero attached hydrogens (tertiary/aromatic N) is 1. The van der Waals surface area contributed by atoms with E-state index in [1.54, 1.807) is 24.3 Å². The van der Waals surface area contributed by atoms with Gasteiger partial charge in [0.1, 0.15) is 5.75 Å². The molecule has 0 aromatic heterocycles. The first kappa shape index (κ1) is 18.5. The molecule has 26 heavy (non-hydrogen) atoms. The molecule has 2 aromatic carbocycles. The Balaban J connectivity index is 1.84. The molecule has 0 saturated carbocycles. The Hall–Kier alpha value is -2.30. The molecule has 6 heteroatoms. The van der Waals surface area contributed by atoms with Crippen molar-refractivity contribution in [3.63, 3.8) is 0 Å². The highest BCUT2D eigenvalue weighted by Gasteiger charge is 2.24. The van der Waals surface area contributed by atoms with Crippen LogP contribution >= 0.6 is 23.2 Å². The van der Waals surface area contributed by atoms with Crippen LogP contribution in [0.3, 0.4) is 0 Å². The second kappa shape index (κ2) is 7.94. The largest absolute Gasteiger partial charge is 0.493 e. The SMILES string of the molecule is CC(C)COc1cccc(/C=C2\N=C(c3ccc(Cl)c(Cl)c3)OC2=O)c1. The lowest BCUT2D eigenvalue weighted by molar-refractivity contribution is -0.129. The monoisotopic (exact) mass is 389 g/mol. The lowest BCUT2D eigenvalue weighted by Gasteiger charge is -2.08. The van der Waals surface area contributed by atoms with Gasteiger partial charge in [-0.15, -0.1) is 0 Å². The molecule has 0 fully saturated rings. The zero-order chi connectivity index (χ0) is 18.7. The molecule has 0 unspecified atom stereocenters. The highest BCUT2D eigenvalue weighted by molar-refractivity contribution is 6.42. The van der Waals surface area contributed by atoms with Gasteiger partial charge in [-0.3, -0.25) is 0 Å². The summed E-state index contributed by atoms with van der Waals surface area (Å²) < 4.78 is 11.0. The number of hydrogen-bond acceptors (Lipinski definition) is 4. The van der Waals surface area contributed by atoms with E-state index in [2.05, 4.69) is 18.8 Å². The smallest absolute Gasteiger partial charge is 0.363 e. The average Bonchev–Trinajstić information content (AvgIpc) is 2.96. The minimum absolute atomic E-state index is 0.201. The number of hydrogen-bond donors (Lipinski definition) is 0. The molecule has 0 spiro atoms.